The Kier molecular flexibility index (Phi) is 6.63. The van der Waals surface area contributed by atoms with Crippen LogP contribution in [0, 0.1) is 18.3 Å². The number of hydrogen-bond donors (Lipinski definition) is 0. The minimum atomic E-state index is 0. The van der Waals surface area contributed by atoms with Crippen molar-refractivity contribution in [3.05, 3.63) is 57.5 Å². The number of aryl methyl sites for hydroxylation is 2. The molecule has 28 heavy (non-hydrogen) atoms. The van der Waals surface area contributed by atoms with Gasteiger partial charge in [-0.2, -0.15) is 5.26 Å². The molecule has 146 valence electrons. The normalized spacial score (nSPS) is 17.9. The number of benzene rings is 1. The van der Waals surface area contributed by atoms with Crippen LogP contribution in [-0.4, -0.2) is 26.2 Å². The molecule has 0 aliphatic carbocycles. The predicted octanol–water partition coefficient (Wildman–Crippen LogP) is 5.15. The van der Waals surface area contributed by atoms with E-state index >= 15 is 0 Å². The largest absolute Gasteiger partial charge is 0.334 e. The zero-order valence-corrected chi connectivity index (χ0v) is 18.7. The van der Waals surface area contributed by atoms with Crippen molar-refractivity contribution in [2.75, 3.05) is 6.54 Å². The summed E-state index contributed by atoms with van der Waals surface area (Å²) >= 11 is 1.61. The number of halogens is 1. The molecule has 0 fully saturated rings. The van der Waals surface area contributed by atoms with Gasteiger partial charge in [0.15, 0.2) is 5.82 Å². The second kappa shape index (κ2) is 8.97. The van der Waals surface area contributed by atoms with E-state index in [1.807, 2.05) is 0 Å². The molecule has 4 rings (SSSR count). The minimum Gasteiger partial charge on any atom is -0.334 e. The molecule has 1 aromatic carbocycles. The molecule has 0 radical (unpaired) electrons. The van der Waals surface area contributed by atoms with E-state index in [1.165, 1.54) is 17.5 Å². The molecular formula is C21H24BrN5S. The Labute approximate surface area is 180 Å². The quantitative estimate of drug-likeness (QED) is 0.596. The van der Waals surface area contributed by atoms with Gasteiger partial charge in [-0.25, -0.2) is 0 Å². The van der Waals surface area contributed by atoms with Crippen LogP contribution < -0.4 is 0 Å². The third-order valence-electron chi connectivity index (χ3n) is 5.14. The Morgan fingerprint density at radius 2 is 1.96 bits per heavy atom. The van der Waals surface area contributed by atoms with Crippen molar-refractivity contribution >= 4 is 40.0 Å². The van der Waals surface area contributed by atoms with Crippen LogP contribution in [0.2, 0.25) is 0 Å². The SMILES string of the molecule is Br.CCN1C(c2ccc(C)cc2)=CSC1=C(C#N)c1nnc2n1CCCCC2. The summed E-state index contributed by atoms with van der Waals surface area (Å²) in [5.74, 6) is 1.72. The first-order valence-corrected chi connectivity index (χ1v) is 10.4. The lowest BCUT2D eigenvalue weighted by molar-refractivity contribution is 0.556. The molecule has 2 aliphatic rings. The van der Waals surface area contributed by atoms with Crippen molar-refractivity contribution in [1.29, 1.82) is 5.26 Å². The molecule has 0 saturated heterocycles. The fraction of sp³-hybridized carbons (Fsp3) is 0.381. The summed E-state index contributed by atoms with van der Waals surface area (Å²) in [6.07, 6.45) is 4.41. The summed E-state index contributed by atoms with van der Waals surface area (Å²) in [4.78, 5) is 2.21. The second-order valence-corrected chi connectivity index (χ2v) is 7.78. The second-order valence-electron chi connectivity index (χ2n) is 6.93. The fourth-order valence-electron chi connectivity index (χ4n) is 3.67. The van der Waals surface area contributed by atoms with E-state index in [1.54, 1.807) is 11.8 Å². The van der Waals surface area contributed by atoms with E-state index in [0.717, 1.165) is 48.9 Å². The van der Waals surface area contributed by atoms with E-state index in [2.05, 4.69) is 69.3 Å². The highest BCUT2D eigenvalue weighted by Gasteiger charge is 2.28. The van der Waals surface area contributed by atoms with Gasteiger partial charge in [-0.3, -0.25) is 0 Å². The highest BCUT2D eigenvalue weighted by Crippen LogP contribution is 2.43. The van der Waals surface area contributed by atoms with Crippen LogP contribution in [0.4, 0.5) is 0 Å². The molecule has 0 saturated carbocycles. The molecule has 7 heteroatoms. The highest BCUT2D eigenvalue weighted by molar-refractivity contribution is 8.93. The average Bonchev–Trinajstić information content (AvgIpc) is 3.20. The molecule has 2 aromatic rings. The topological polar surface area (TPSA) is 57.7 Å². The van der Waals surface area contributed by atoms with Crippen LogP contribution >= 0.6 is 28.7 Å². The van der Waals surface area contributed by atoms with Crippen LogP contribution in [0.5, 0.6) is 0 Å². The molecular weight excluding hydrogens is 434 g/mol. The van der Waals surface area contributed by atoms with Crippen molar-refractivity contribution < 1.29 is 0 Å². The Morgan fingerprint density at radius 3 is 2.68 bits per heavy atom. The number of rotatable bonds is 3. The first-order valence-electron chi connectivity index (χ1n) is 9.51. The van der Waals surface area contributed by atoms with Gasteiger partial charge < -0.3 is 9.47 Å². The maximum Gasteiger partial charge on any atom is 0.177 e. The molecule has 0 amide bonds. The molecule has 5 nitrogen and oxygen atoms in total. The molecule has 2 aliphatic heterocycles. The van der Waals surface area contributed by atoms with Crippen molar-refractivity contribution in [3.8, 4) is 6.07 Å². The summed E-state index contributed by atoms with van der Waals surface area (Å²) in [6, 6.07) is 11.0. The van der Waals surface area contributed by atoms with Gasteiger partial charge in [0.1, 0.15) is 22.5 Å². The molecule has 3 heterocycles. The standard InChI is InChI=1S/C21H23N5S.BrH/c1-3-25-18(16-10-8-15(2)9-11-16)14-27-21(25)17(13-22)20-24-23-19-7-5-4-6-12-26(19)20;/h8-11,14H,3-7,12H2,1-2H3;1H. The number of allylic oxidation sites excluding steroid dienone is 1. The maximum absolute atomic E-state index is 9.98. The molecule has 0 bridgehead atoms. The summed E-state index contributed by atoms with van der Waals surface area (Å²) < 4.78 is 2.15. The maximum atomic E-state index is 9.98. The van der Waals surface area contributed by atoms with E-state index in [-0.39, 0.29) is 17.0 Å². The zero-order chi connectivity index (χ0) is 18.8. The first kappa shape index (κ1) is 20.7. The van der Waals surface area contributed by atoms with Gasteiger partial charge in [-0.15, -0.1) is 27.2 Å². The lowest BCUT2D eigenvalue weighted by Gasteiger charge is -2.23. The highest BCUT2D eigenvalue weighted by atomic mass is 79.9. The van der Waals surface area contributed by atoms with E-state index in [0.29, 0.717) is 11.4 Å². The van der Waals surface area contributed by atoms with Gasteiger partial charge in [0.2, 0.25) is 0 Å². The van der Waals surface area contributed by atoms with E-state index in [9.17, 15) is 5.26 Å². The van der Waals surface area contributed by atoms with Crippen molar-refractivity contribution in [1.82, 2.24) is 19.7 Å². The van der Waals surface area contributed by atoms with E-state index in [4.69, 9.17) is 0 Å². The monoisotopic (exact) mass is 457 g/mol. The summed E-state index contributed by atoms with van der Waals surface area (Å²) in [6.45, 7) is 5.90. The Hall–Kier alpha value is -2.04. The Morgan fingerprint density at radius 1 is 1.18 bits per heavy atom. The van der Waals surface area contributed by atoms with Crippen LogP contribution in [0.3, 0.4) is 0 Å². The molecule has 0 unspecified atom stereocenters. The molecule has 0 N–H and O–H groups in total. The summed E-state index contributed by atoms with van der Waals surface area (Å²) in [5.41, 5.74) is 4.18. The number of aromatic nitrogens is 3. The van der Waals surface area contributed by atoms with Crippen LogP contribution in [-0.2, 0) is 13.0 Å². The van der Waals surface area contributed by atoms with Crippen LogP contribution in [0.15, 0.2) is 34.7 Å². The van der Waals surface area contributed by atoms with Gasteiger partial charge in [0.05, 0.1) is 5.70 Å². The number of nitriles is 1. The first-order chi connectivity index (χ1) is 13.2. The van der Waals surface area contributed by atoms with Crippen molar-refractivity contribution in [2.45, 2.75) is 46.1 Å². The fourth-order valence-corrected chi connectivity index (χ4v) is 4.76. The van der Waals surface area contributed by atoms with Gasteiger partial charge in [-0.1, -0.05) is 48.0 Å². The lowest BCUT2D eigenvalue weighted by atomic mass is 10.1. The van der Waals surface area contributed by atoms with Gasteiger partial charge in [-0.05, 0) is 32.3 Å². The zero-order valence-electron chi connectivity index (χ0n) is 16.2. The minimum absolute atomic E-state index is 0. The van der Waals surface area contributed by atoms with Crippen LogP contribution in [0.1, 0.15) is 49.0 Å². The van der Waals surface area contributed by atoms with Crippen molar-refractivity contribution in [2.24, 2.45) is 0 Å². The number of fused-ring (bicyclic) bond motifs is 1. The number of nitrogens with zero attached hydrogens (tertiary/aromatic N) is 5. The third kappa shape index (κ3) is 3.76. The number of thioether (sulfide) groups is 1. The Balaban J connectivity index is 0.00000225. The van der Waals surface area contributed by atoms with Crippen molar-refractivity contribution in [3.63, 3.8) is 0 Å². The summed E-state index contributed by atoms with van der Waals surface area (Å²) in [7, 11) is 0. The average molecular weight is 458 g/mol. The van der Waals surface area contributed by atoms with Gasteiger partial charge in [0.25, 0.3) is 0 Å². The smallest absolute Gasteiger partial charge is 0.177 e. The van der Waals surface area contributed by atoms with Gasteiger partial charge in [0, 0.05) is 24.9 Å². The summed E-state index contributed by atoms with van der Waals surface area (Å²) in [5, 5.41) is 21.9. The Bertz CT molecular complexity index is 952. The molecule has 0 spiro atoms. The predicted molar refractivity (Wildman–Crippen MR) is 120 cm³/mol. The van der Waals surface area contributed by atoms with E-state index < -0.39 is 0 Å². The number of hydrogen-bond acceptors (Lipinski definition) is 5. The van der Waals surface area contributed by atoms with Gasteiger partial charge >= 0.3 is 0 Å². The third-order valence-corrected chi connectivity index (χ3v) is 6.13. The van der Waals surface area contributed by atoms with Crippen LogP contribution in [0.25, 0.3) is 11.3 Å². The molecule has 1 aromatic heterocycles. The molecule has 0 atom stereocenters. The lowest BCUT2D eigenvalue weighted by Crippen LogP contribution is -2.18.